The maximum atomic E-state index is 12.2. The van der Waals surface area contributed by atoms with Gasteiger partial charge in [0.25, 0.3) is 5.56 Å². The third-order valence-electron chi connectivity index (χ3n) is 4.30. The zero-order valence-corrected chi connectivity index (χ0v) is 13.5. The molecule has 7 heteroatoms. The summed E-state index contributed by atoms with van der Waals surface area (Å²) in [5, 5.41) is 10.8. The van der Waals surface area contributed by atoms with Crippen molar-refractivity contribution in [1.29, 1.82) is 5.26 Å². The lowest BCUT2D eigenvalue weighted by Gasteiger charge is -2.17. The Kier molecular flexibility index (Phi) is 4.34. The molecule has 7 nitrogen and oxygen atoms in total. The van der Waals surface area contributed by atoms with Gasteiger partial charge in [-0.3, -0.25) is 18.8 Å². The van der Waals surface area contributed by atoms with Crippen molar-refractivity contribution in [3.63, 3.8) is 0 Å². The average Bonchev–Trinajstić information content (AvgIpc) is 2.96. The predicted molar refractivity (Wildman–Crippen MR) is 87.1 cm³/mol. The van der Waals surface area contributed by atoms with Crippen molar-refractivity contribution < 1.29 is 4.84 Å². The van der Waals surface area contributed by atoms with Crippen LogP contribution in [0.4, 0.5) is 0 Å². The first-order valence-electron chi connectivity index (χ1n) is 7.66. The highest BCUT2D eigenvalue weighted by Gasteiger charge is 2.32. The van der Waals surface area contributed by atoms with Crippen molar-refractivity contribution in [2.75, 3.05) is 7.05 Å². The van der Waals surface area contributed by atoms with Gasteiger partial charge in [-0.05, 0) is 12.0 Å². The van der Waals surface area contributed by atoms with Crippen molar-refractivity contribution in [2.45, 2.75) is 25.1 Å². The van der Waals surface area contributed by atoms with Crippen molar-refractivity contribution in [3.05, 3.63) is 68.5 Å². The lowest BCUT2D eigenvalue weighted by molar-refractivity contribution is -0.147. The monoisotopic (exact) mass is 326 g/mol. The summed E-state index contributed by atoms with van der Waals surface area (Å²) in [6.07, 6.45) is 1.82. The van der Waals surface area contributed by atoms with Crippen LogP contribution in [0, 0.1) is 11.3 Å². The number of nitriles is 1. The molecule has 3 rings (SSSR count). The summed E-state index contributed by atoms with van der Waals surface area (Å²) in [6.45, 7) is 0.287. The van der Waals surface area contributed by atoms with Crippen molar-refractivity contribution >= 4 is 0 Å². The molecule has 24 heavy (non-hydrogen) atoms. The Bertz CT molecular complexity index is 895. The van der Waals surface area contributed by atoms with Gasteiger partial charge in [0, 0.05) is 20.3 Å². The third kappa shape index (κ3) is 2.89. The van der Waals surface area contributed by atoms with E-state index in [9.17, 15) is 9.59 Å². The highest BCUT2D eigenvalue weighted by Crippen LogP contribution is 2.32. The zero-order valence-electron chi connectivity index (χ0n) is 13.5. The van der Waals surface area contributed by atoms with Crippen LogP contribution < -0.4 is 11.2 Å². The highest BCUT2D eigenvalue weighted by molar-refractivity contribution is 5.22. The molecule has 0 radical (unpaired) electrons. The summed E-state index contributed by atoms with van der Waals surface area (Å²) >= 11 is 0. The fourth-order valence-corrected chi connectivity index (χ4v) is 3.03. The van der Waals surface area contributed by atoms with Crippen molar-refractivity contribution in [2.24, 2.45) is 7.05 Å². The molecule has 1 saturated heterocycles. The molecule has 124 valence electrons. The minimum Gasteiger partial charge on any atom is -0.296 e. The fraction of sp³-hybridized carbons (Fsp3) is 0.353. The molecule has 0 bridgehead atoms. The van der Waals surface area contributed by atoms with E-state index < -0.39 is 11.2 Å². The Hall–Kier alpha value is -2.69. The standard InChI is InChI=1S/C17H18N4O3/c1-19-16(22)13(9-18)10-21(17(19)23)11-14-8-15(20(2)24-14)12-6-4-3-5-7-12/h3-7,10,14-15H,8,11H2,1-2H3/t14-,15+/m0/s1. The first-order valence-corrected chi connectivity index (χ1v) is 7.66. The molecule has 1 aromatic carbocycles. The lowest BCUT2D eigenvalue weighted by atomic mass is 10.0. The minimum absolute atomic E-state index is 0.0527. The first kappa shape index (κ1) is 16.2. The molecule has 0 unspecified atom stereocenters. The largest absolute Gasteiger partial charge is 0.330 e. The molecule has 1 fully saturated rings. The van der Waals surface area contributed by atoms with E-state index in [2.05, 4.69) is 0 Å². The van der Waals surface area contributed by atoms with E-state index in [4.69, 9.17) is 10.1 Å². The molecule has 0 N–H and O–H groups in total. The Morgan fingerprint density at radius 1 is 1.25 bits per heavy atom. The van der Waals surface area contributed by atoms with Crippen LogP contribution >= 0.6 is 0 Å². The number of nitrogens with zero attached hydrogens (tertiary/aromatic N) is 4. The summed E-state index contributed by atoms with van der Waals surface area (Å²) in [4.78, 5) is 29.8. The maximum Gasteiger partial charge on any atom is 0.330 e. The molecule has 1 aromatic heterocycles. The molecule has 2 aromatic rings. The second-order valence-electron chi connectivity index (χ2n) is 5.89. The third-order valence-corrected chi connectivity index (χ3v) is 4.30. The molecule has 2 atom stereocenters. The number of aromatic nitrogens is 2. The molecule has 0 amide bonds. The quantitative estimate of drug-likeness (QED) is 0.833. The number of hydrogen-bond acceptors (Lipinski definition) is 5. The Morgan fingerprint density at radius 2 is 1.96 bits per heavy atom. The van der Waals surface area contributed by atoms with Gasteiger partial charge in [0.15, 0.2) is 0 Å². The fourth-order valence-electron chi connectivity index (χ4n) is 3.03. The van der Waals surface area contributed by atoms with E-state index in [1.165, 1.54) is 17.8 Å². The van der Waals surface area contributed by atoms with Crippen LogP contribution in [0.25, 0.3) is 0 Å². The van der Waals surface area contributed by atoms with Crippen LogP contribution in [-0.2, 0) is 18.4 Å². The number of rotatable bonds is 3. The van der Waals surface area contributed by atoms with E-state index in [0.717, 1.165) is 16.6 Å². The molecule has 2 heterocycles. The second kappa shape index (κ2) is 6.43. The second-order valence-corrected chi connectivity index (χ2v) is 5.89. The highest BCUT2D eigenvalue weighted by atomic mass is 16.7. The summed E-state index contributed by atoms with van der Waals surface area (Å²) in [5.41, 5.74) is 0.0647. The first-order chi connectivity index (χ1) is 11.5. The van der Waals surface area contributed by atoms with Gasteiger partial charge in [-0.25, -0.2) is 4.79 Å². The van der Waals surface area contributed by atoms with Gasteiger partial charge in [0.2, 0.25) is 0 Å². The van der Waals surface area contributed by atoms with Gasteiger partial charge in [-0.2, -0.15) is 10.3 Å². The lowest BCUT2D eigenvalue weighted by Crippen LogP contribution is -2.40. The van der Waals surface area contributed by atoms with Gasteiger partial charge >= 0.3 is 5.69 Å². The van der Waals surface area contributed by atoms with Crippen LogP contribution in [0.3, 0.4) is 0 Å². The number of benzene rings is 1. The summed E-state index contributed by atoms with van der Waals surface area (Å²) in [5.74, 6) is 0. The van der Waals surface area contributed by atoms with Crippen LogP contribution in [0.15, 0.2) is 46.1 Å². The van der Waals surface area contributed by atoms with Gasteiger partial charge in [0.1, 0.15) is 11.6 Å². The van der Waals surface area contributed by atoms with Crippen LogP contribution in [0.2, 0.25) is 0 Å². The summed E-state index contributed by atoms with van der Waals surface area (Å²) in [6, 6.07) is 11.9. The summed E-state index contributed by atoms with van der Waals surface area (Å²) < 4.78 is 2.32. The zero-order chi connectivity index (χ0) is 17.3. The van der Waals surface area contributed by atoms with Gasteiger partial charge < -0.3 is 0 Å². The van der Waals surface area contributed by atoms with E-state index in [1.54, 1.807) is 5.06 Å². The minimum atomic E-state index is -0.578. The van der Waals surface area contributed by atoms with E-state index in [0.29, 0.717) is 0 Å². The topological polar surface area (TPSA) is 80.3 Å². The van der Waals surface area contributed by atoms with Crippen LogP contribution in [0.5, 0.6) is 0 Å². The molecular formula is C17H18N4O3. The van der Waals surface area contributed by atoms with Gasteiger partial charge in [-0.1, -0.05) is 30.3 Å². The average molecular weight is 326 g/mol. The smallest absolute Gasteiger partial charge is 0.296 e. The van der Waals surface area contributed by atoms with E-state index in [-0.39, 0.29) is 24.3 Å². The Morgan fingerprint density at radius 3 is 2.62 bits per heavy atom. The van der Waals surface area contributed by atoms with Crippen molar-refractivity contribution in [1.82, 2.24) is 14.2 Å². The molecule has 0 spiro atoms. The molecule has 1 aliphatic heterocycles. The van der Waals surface area contributed by atoms with Crippen LogP contribution in [0.1, 0.15) is 23.6 Å². The molecule has 0 saturated carbocycles. The number of hydroxylamine groups is 2. The molecule has 1 aliphatic rings. The van der Waals surface area contributed by atoms with Crippen LogP contribution in [-0.4, -0.2) is 27.3 Å². The molecule has 0 aliphatic carbocycles. The van der Waals surface area contributed by atoms with Crippen molar-refractivity contribution in [3.8, 4) is 6.07 Å². The number of hydrogen-bond donors (Lipinski definition) is 0. The van der Waals surface area contributed by atoms with E-state index >= 15 is 0 Å². The Balaban J connectivity index is 1.84. The van der Waals surface area contributed by atoms with E-state index in [1.807, 2.05) is 43.4 Å². The van der Waals surface area contributed by atoms with Gasteiger partial charge in [0.05, 0.1) is 18.7 Å². The normalized spacial score (nSPS) is 20.9. The summed E-state index contributed by atoms with van der Waals surface area (Å²) in [7, 11) is 3.23. The maximum absolute atomic E-state index is 12.2. The predicted octanol–water partition coefficient (Wildman–Crippen LogP) is 0.796. The Labute approximate surface area is 138 Å². The van der Waals surface area contributed by atoms with Gasteiger partial charge in [-0.15, -0.1) is 0 Å². The SMILES string of the molecule is CN1O[C@H](Cn2cc(C#N)c(=O)n(C)c2=O)C[C@@H]1c1ccccc1. The molecular weight excluding hydrogens is 308 g/mol.